The van der Waals surface area contributed by atoms with E-state index in [0.717, 1.165) is 25.7 Å². The van der Waals surface area contributed by atoms with E-state index in [2.05, 4.69) is 11.1 Å². The van der Waals surface area contributed by atoms with E-state index in [1.165, 1.54) is 0 Å². The zero-order chi connectivity index (χ0) is 25.7. The molecule has 0 saturated heterocycles. The van der Waals surface area contributed by atoms with Crippen molar-refractivity contribution >= 4 is 17.6 Å². The molecule has 0 spiro atoms. The summed E-state index contributed by atoms with van der Waals surface area (Å²) in [5.74, 6) is 2.30. The third-order valence-corrected chi connectivity index (χ3v) is 6.17. The molecule has 1 fully saturated rings. The minimum absolute atomic E-state index is 0.125. The Balaban J connectivity index is 1.58. The molecular weight excluding hydrogens is 456 g/mol. The Hall–Kier alpha value is -4.37. The third-order valence-electron chi connectivity index (χ3n) is 6.17. The second-order valence-corrected chi connectivity index (χ2v) is 9.05. The second-order valence-electron chi connectivity index (χ2n) is 9.05. The van der Waals surface area contributed by atoms with Crippen molar-refractivity contribution in [3.05, 3.63) is 83.4 Å². The molecule has 1 aliphatic carbocycles. The van der Waals surface area contributed by atoms with E-state index in [4.69, 9.17) is 31.8 Å². The Morgan fingerprint density at radius 2 is 1.17 bits per heavy atom. The standard InChI is InChI=1S/C27H30N6O3/c28-19-5-7-20(8-6-19)33-27(34)18-13-23(35-21-9-1-16(2-10-21)25(29)30)15-24(14-18)36-22-11-3-17(4-12-22)26(31)32/h1-4,9-15,19-20H,5-8,28H2,(H3,29,30)(H3,31,32)(H,33,34)/p+3. The zero-order valence-corrected chi connectivity index (χ0v) is 20.1. The fourth-order valence-electron chi connectivity index (χ4n) is 4.10. The van der Waals surface area contributed by atoms with Gasteiger partial charge in [-0.05, 0) is 73.5 Å². The Bertz CT molecular complexity index is 1170. The molecule has 0 heterocycles. The smallest absolute Gasteiger partial charge is 0.270 e. The van der Waals surface area contributed by atoms with Crippen molar-refractivity contribution in [2.45, 2.75) is 37.8 Å². The number of hydrogen-bond acceptors (Lipinski definition) is 3. The summed E-state index contributed by atoms with van der Waals surface area (Å²) in [5, 5.41) is 14.4. The molecule has 9 nitrogen and oxygen atoms in total. The summed E-state index contributed by atoms with van der Waals surface area (Å²) >= 11 is 0. The number of hydrogen-bond donors (Lipinski definition) is 6. The van der Waals surface area contributed by atoms with Crippen LogP contribution in [0.4, 0.5) is 0 Å². The van der Waals surface area contributed by atoms with Gasteiger partial charge in [0.15, 0.2) is 0 Å². The topological polar surface area (TPSA) is 178 Å². The molecule has 9 heteroatoms. The molecule has 0 radical (unpaired) electrons. The predicted octanol–water partition coefficient (Wildman–Crippen LogP) is -0.517. The molecule has 1 aliphatic rings. The van der Waals surface area contributed by atoms with Crippen LogP contribution in [-0.2, 0) is 0 Å². The lowest BCUT2D eigenvalue weighted by molar-refractivity contribution is -0.425. The summed E-state index contributed by atoms with van der Waals surface area (Å²) in [6, 6.07) is 19.8. The third kappa shape index (κ3) is 6.39. The number of nitrogens with one attached hydrogen (secondary N) is 1. The molecular formula is C27H33N6O3+3. The highest BCUT2D eigenvalue weighted by atomic mass is 16.5. The monoisotopic (exact) mass is 489 g/mol. The maximum atomic E-state index is 13.1. The molecule has 0 aliphatic heterocycles. The second kappa shape index (κ2) is 10.9. The number of amides is 1. The highest BCUT2D eigenvalue weighted by Crippen LogP contribution is 2.31. The largest absolute Gasteiger partial charge is 0.457 e. The number of amidine groups is 2. The van der Waals surface area contributed by atoms with Gasteiger partial charge >= 0.3 is 0 Å². The van der Waals surface area contributed by atoms with Crippen LogP contribution in [0.2, 0.25) is 0 Å². The lowest BCUT2D eigenvalue weighted by Gasteiger charge is -2.25. The van der Waals surface area contributed by atoms with E-state index in [1.807, 2.05) is 0 Å². The normalized spacial score (nSPS) is 17.1. The van der Waals surface area contributed by atoms with Crippen LogP contribution in [0.5, 0.6) is 23.0 Å². The van der Waals surface area contributed by atoms with Gasteiger partial charge in [0.1, 0.15) is 23.0 Å². The zero-order valence-electron chi connectivity index (χ0n) is 20.1. The first-order chi connectivity index (χ1) is 17.3. The summed E-state index contributed by atoms with van der Waals surface area (Å²) in [6.07, 6.45) is 3.84. The van der Waals surface area contributed by atoms with Crippen molar-refractivity contribution in [3.8, 4) is 23.0 Å². The van der Waals surface area contributed by atoms with Crippen molar-refractivity contribution in [2.24, 2.45) is 11.5 Å². The Morgan fingerprint density at radius 1 is 0.722 bits per heavy atom. The van der Waals surface area contributed by atoms with E-state index < -0.39 is 0 Å². The number of carbonyl (C=O) groups is 1. The van der Waals surface area contributed by atoms with Gasteiger partial charge in [0.25, 0.3) is 17.6 Å². The van der Waals surface area contributed by atoms with Crippen molar-refractivity contribution in [2.75, 3.05) is 0 Å². The first-order valence-electron chi connectivity index (χ1n) is 11.9. The van der Waals surface area contributed by atoms with Crippen LogP contribution in [0.25, 0.3) is 0 Å². The first kappa shape index (κ1) is 24.7. The van der Waals surface area contributed by atoms with E-state index in [9.17, 15) is 4.79 Å². The van der Waals surface area contributed by atoms with Crippen LogP contribution in [0.3, 0.4) is 0 Å². The fraction of sp³-hybridized carbons (Fsp3) is 0.222. The minimum atomic E-state index is -0.181. The summed E-state index contributed by atoms with van der Waals surface area (Å²) in [5.41, 5.74) is 17.3. The molecule has 4 rings (SSSR count). The molecule has 12 N–H and O–H groups in total. The highest BCUT2D eigenvalue weighted by molar-refractivity contribution is 5.95. The van der Waals surface area contributed by atoms with Crippen LogP contribution in [0.1, 0.15) is 47.2 Å². The van der Waals surface area contributed by atoms with Gasteiger partial charge in [0.05, 0.1) is 17.2 Å². The number of benzene rings is 3. The lowest BCUT2D eigenvalue weighted by Crippen LogP contribution is -2.62. The van der Waals surface area contributed by atoms with Gasteiger partial charge in [0.2, 0.25) is 0 Å². The van der Waals surface area contributed by atoms with E-state index >= 15 is 0 Å². The van der Waals surface area contributed by atoms with Crippen LogP contribution in [-0.4, -0.2) is 29.7 Å². The van der Waals surface area contributed by atoms with Crippen molar-refractivity contribution in [3.63, 3.8) is 0 Å². The van der Waals surface area contributed by atoms with Crippen LogP contribution >= 0.6 is 0 Å². The molecule has 1 amide bonds. The predicted molar refractivity (Wildman–Crippen MR) is 136 cm³/mol. The molecule has 36 heavy (non-hydrogen) atoms. The van der Waals surface area contributed by atoms with E-state index in [1.54, 1.807) is 66.7 Å². The fourth-order valence-corrected chi connectivity index (χ4v) is 4.10. The molecule has 0 bridgehead atoms. The van der Waals surface area contributed by atoms with Crippen LogP contribution in [0.15, 0.2) is 66.7 Å². The quantitative estimate of drug-likeness (QED) is 0.184. The van der Waals surface area contributed by atoms with Gasteiger partial charge in [-0.3, -0.25) is 27.1 Å². The first-order valence-corrected chi connectivity index (χ1v) is 11.9. The molecule has 0 aromatic heterocycles. The molecule has 3 aromatic carbocycles. The Labute approximate surface area is 209 Å². The average molecular weight is 490 g/mol. The minimum Gasteiger partial charge on any atom is -0.457 e. The SMILES string of the molecule is NC(=[NH2+])c1ccc(Oc2cc(Oc3ccc(C(N)=[NH2+])cc3)cc(C(=O)NC3CCC([NH3+])CC3)c2)cc1. The van der Waals surface area contributed by atoms with Crippen LogP contribution < -0.4 is 42.8 Å². The van der Waals surface area contributed by atoms with Crippen LogP contribution in [0, 0.1) is 0 Å². The van der Waals surface area contributed by atoms with Gasteiger partial charge in [-0.15, -0.1) is 0 Å². The number of nitrogens with two attached hydrogens (primary N) is 4. The molecule has 3 aromatic rings. The maximum Gasteiger partial charge on any atom is 0.270 e. The number of ether oxygens (including phenoxy) is 2. The number of carbonyl (C=O) groups excluding carboxylic acids is 1. The van der Waals surface area contributed by atoms with E-state index in [-0.39, 0.29) is 23.6 Å². The summed E-state index contributed by atoms with van der Waals surface area (Å²) in [4.78, 5) is 13.1. The molecule has 186 valence electrons. The highest BCUT2D eigenvalue weighted by Gasteiger charge is 2.23. The van der Waals surface area contributed by atoms with Gasteiger partial charge in [-0.1, -0.05) is 0 Å². The summed E-state index contributed by atoms with van der Waals surface area (Å²) < 4.78 is 12.1. The van der Waals surface area contributed by atoms with Gasteiger partial charge in [0, 0.05) is 30.5 Å². The van der Waals surface area contributed by atoms with Gasteiger partial charge in [-0.2, -0.15) is 0 Å². The van der Waals surface area contributed by atoms with Crippen molar-refractivity contribution < 1.29 is 30.8 Å². The van der Waals surface area contributed by atoms with Crippen molar-refractivity contribution in [1.82, 2.24) is 5.32 Å². The average Bonchev–Trinajstić information content (AvgIpc) is 2.86. The summed E-state index contributed by atoms with van der Waals surface area (Å²) in [6.45, 7) is 0. The number of quaternary nitrogens is 1. The van der Waals surface area contributed by atoms with Gasteiger partial charge < -0.3 is 20.5 Å². The number of rotatable bonds is 8. The molecule has 0 atom stereocenters. The van der Waals surface area contributed by atoms with E-state index in [0.29, 0.717) is 45.7 Å². The molecule has 0 unspecified atom stereocenters. The summed E-state index contributed by atoms with van der Waals surface area (Å²) in [7, 11) is 0. The maximum absolute atomic E-state index is 13.1. The lowest BCUT2D eigenvalue weighted by atomic mass is 9.91. The molecule has 1 saturated carbocycles. The Morgan fingerprint density at radius 3 is 1.58 bits per heavy atom. The Kier molecular flexibility index (Phi) is 7.50. The van der Waals surface area contributed by atoms with Crippen molar-refractivity contribution in [1.29, 1.82) is 0 Å². The van der Waals surface area contributed by atoms with Gasteiger partial charge in [-0.25, -0.2) is 0 Å².